The number of phenolic OH excluding ortho intramolecular Hbond substituents is 1. The van der Waals surface area contributed by atoms with E-state index in [0.717, 1.165) is 12.8 Å². The van der Waals surface area contributed by atoms with E-state index in [0.29, 0.717) is 54.1 Å². The SMILES string of the molecule is CCOOC(=O)c1c(CC[C@@H](C)[C@H](O)[C@H](C)C(=O)[C@H](CC)[C@H]2O[C@](CC)([C@H]3CC[C@](O)(CC)[C@H](C)O3)C[C@@H]2C)cc(Br)c(C)c1O. The normalized spacial score (nSPS) is 30.9. The molecule has 0 amide bonds. The number of phenols is 1. The lowest BCUT2D eigenvalue weighted by Crippen LogP contribution is -2.55. The summed E-state index contributed by atoms with van der Waals surface area (Å²) < 4.78 is 14.0. The summed E-state index contributed by atoms with van der Waals surface area (Å²) in [5.74, 6) is -2.13. The predicted octanol–water partition coefficient (Wildman–Crippen LogP) is 7.01. The molecule has 9 nitrogen and oxygen atoms in total. The molecule has 2 heterocycles. The third-order valence-electron chi connectivity index (χ3n) is 11.0. The third kappa shape index (κ3) is 8.00. The predicted molar refractivity (Wildman–Crippen MR) is 180 cm³/mol. The lowest BCUT2D eigenvalue weighted by molar-refractivity contribution is -0.237. The molecule has 2 fully saturated rings. The fourth-order valence-corrected chi connectivity index (χ4v) is 8.09. The molecular weight excluding hydrogens is 656 g/mol. The summed E-state index contributed by atoms with van der Waals surface area (Å²) in [6.45, 7) is 17.4. The van der Waals surface area contributed by atoms with Crippen LogP contribution in [-0.4, -0.2) is 69.3 Å². The van der Waals surface area contributed by atoms with Crippen LogP contribution in [0, 0.1) is 30.6 Å². The summed E-state index contributed by atoms with van der Waals surface area (Å²) in [4.78, 5) is 36.4. The molecule has 1 aromatic carbocycles. The second-order valence-electron chi connectivity index (χ2n) is 13.8. The van der Waals surface area contributed by atoms with Gasteiger partial charge in [0, 0.05) is 21.9 Å². The number of hydrogen-bond donors (Lipinski definition) is 3. The zero-order valence-corrected chi connectivity index (χ0v) is 30.8. The number of Topliss-reactive ketones (excluding diaryl/α,β-unsaturated/α-hetero) is 1. The van der Waals surface area contributed by atoms with Crippen molar-refractivity contribution in [3.63, 3.8) is 0 Å². The number of aliphatic hydroxyl groups is 2. The number of benzene rings is 1. The van der Waals surface area contributed by atoms with Crippen LogP contribution in [0.1, 0.15) is 122 Å². The number of halogens is 1. The Kier molecular flexibility index (Phi) is 13.7. The van der Waals surface area contributed by atoms with Gasteiger partial charge in [-0.2, -0.15) is 4.89 Å². The summed E-state index contributed by atoms with van der Waals surface area (Å²) in [5.41, 5.74) is -0.249. The van der Waals surface area contributed by atoms with Gasteiger partial charge >= 0.3 is 5.97 Å². The first kappa shape index (κ1) is 38.9. The average molecular weight is 714 g/mol. The van der Waals surface area contributed by atoms with E-state index in [1.165, 1.54) is 0 Å². The van der Waals surface area contributed by atoms with Crippen molar-refractivity contribution < 1.29 is 44.2 Å². The van der Waals surface area contributed by atoms with Crippen LogP contribution in [0.2, 0.25) is 0 Å². The summed E-state index contributed by atoms with van der Waals surface area (Å²) in [6, 6.07) is 1.77. The monoisotopic (exact) mass is 712 g/mol. The number of rotatable bonds is 15. The summed E-state index contributed by atoms with van der Waals surface area (Å²) in [6.07, 6.45) is 3.31. The Morgan fingerprint density at radius 3 is 2.39 bits per heavy atom. The van der Waals surface area contributed by atoms with E-state index in [1.54, 1.807) is 26.8 Å². The maximum absolute atomic E-state index is 14.0. The smallest absolute Gasteiger partial charge is 0.377 e. The Labute approximate surface area is 283 Å². The molecule has 1 aromatic rings. The number of ketones is 1. The van der Waals surface area contributed by atoms with Crippen LogP contribution in [0.15, 0.2) is 10.5 Å². The summed E-state index contributed by atoms with van der Waals surface area (Å²) >= 11 is 3.45. The van der Waals surface area contributed by atoms with Crippen molar-refractivity contribution in [2.75, 3.05) is 6.61 Å². The van der Waals surface area contributed by atoms with Gasteiger partial charge in [-0.1, -0.05) is 57.5 Å². The molecule has 262 valence electrons. The number of aryl methyl sites for hydroxylation is 1. The maximum atomic E-state index is 14.0. The molecule has 0 aromatic heterocycles. The Hall–Kier alpha value is -1.56. The van der Waals surface area contributed by atoms with Crippen molar-refractivity contribution in [1.29, 1.82) is 0 Å². The minimum atomic E-state index is -0.912. The van der Waals surface area contributed by atoms with Gasteiger partial charge in [0.1, 0.15) is 17.1 Å². The van der Waals surface area contributed by atoms with E-state index in [9.17, 15) is 24.9 Å². The van der Waals surface area contributed by atoms with E-state index in [4.69, 9.17) is 19.2 Å². The van der Waals surface area contributed by atoms with Crippen LogP contribution < -0.4 is 0 Å². The highest BCUT2D eigenvalue weighted by molar-refractivity contribution is 9.10. The molecule has 10 heteroatoms. The van der Waals surface area contributed by atoms with Gasteiger partial charge in [0.2, 0.25) is 0 Å². The van der Waals surface area contributed by atoms with E-state index in [1.807, 2.05) is 27.7 Å². The van der Waals surface area contributed by atoms with Crippen LogP contribution in [0.5, 0.6) is 5.75 Å². The second-order valence-corrected chi connectivity index (χ2v) is 14.7. The molecule has 0 bridgehead atoms. The zero-order chi connectivity index (χ0) is 34.6. The number of carbonyl (C=O) groups excluding carboxylic acids is 2. The van der Waals surface area contributed by atoms with Crippen molar-refractivity contribution in [2.45, 2.75) is 149 Å². The Bertz CT molecular complexity index is 1210. The molecule has 0 saturated carbocycles. The van der Waals surface area contributed by atoms with Crippen molar-refractivity contribution in [1.82, 2.24) is 0 Å². The van der Waals surface area contributed by atoms with Gasteiger partial charge < -0.3 is 24.8 Å². The Balaban J connectivity index is 1.72. The molecule has 2 aliphatic rings. The Morgan fingerprint density at radius 1 is 1.15 bits per heavy atom. The molecular formula is C36H57BrO9. The number of aliphatic hydroxyl groups excluding tert-OH is 1. The van der Waals surface area contributed by atoms with Crippen molar-refractivity contribution in [2.24, 2.45) is 23.7 Å². The van der Waals surface area contributed by atoms with Crippen molar-refractivity contribution >= 4 is 27.7 Å². The summed E-state index contributed by atoms with van der Waals surface area (Å²) in [7, 11) is 0. The number of aromatic hydroxyl groups is 1. The minimum Gasteiger partial charge on any atom is -0.507 e. The topological polar surface area (TPSA) is 132 Å². The largest absolute Gasteiger partial charge is 0.507 e. The van der Waals surface area contributed by atoms with Gasteiger partial charge in [-0.25, -0.2) is 4.79 Å². The first-order valence-electron chi connectivity index (χ1n) is 17.2. The lowest BCUT2D eigenvalue weighted by Gasteiger charge is -2.47. The maximum Gasteiger partial charge on any atom is 0.377 e. The molecule has 0 radical (unpaired) electrons. The highest BCUT2D eigenvalue weighted by atomic mass is 79.9. The van der Waals surface area contributed by atoms with Crippen molar-refractivity contribution in [3.8, 4) is 5.75 Å². The van der Waals surface area contributed by atoms with Gasteiger partial charge in [0.05, 0.1) is 42.2 Å². The molecule has 0 spiro atoms. The lowest BCUT2D eigenvalue weighted by atomic mass is 9.76. The Morgan fingerprint density at radius 2 is 1.83 bits per heavy atom. The molecule has 0 unspecified atom stereocenters. The van der Waals surface area contributed by atoms with Gasteiger partial charge in [0.25, 0.3) is 0 Å². The highest BCUT2D eigenvalue weighted by Gasteiger charge is 2.55. The molecule has 2 aliphatic heterocycles. The van der Waals surface area contributed by atoms with Crippen LogP contribution in [0.25, 0.3) is 0 Å². The van der Waals surface area contributed by atoms with Crippen LogP contribution in [0.4, 0.5) is 0 Å². The third-order valence-corrected chi connectivity index (χ3v) is 11.8. The van der Waals surface area contributed by atoms with E-state index in [-0.39, 0.29) is 59.8 Å². The fourth-order valence-electron chi connectivity index (χ4n) is 7.63. The highest BCUT2D eigenvalue weighted by Crippen LogP contribution is 2.48. The number of hydrogen-bond acceptors (Lipinski definition) is 9. The standard InChI is InChI=1S/C36H57BrO9/c1-10-26(33-21(6)19-36(12-3,45-33)28-16-17-35(42,11-2)24(9)44-28)31(39)23(8)30(38)20(5)14-15-25-18-27(37)22(7)32(40)29(25)34(41)46-43-13-4/h18,20-21,23-24,26,28,30,33,38,40,42H,10-17,19H2,1-9H3/t20-,21+,23+,24+,26+,28-,30+,33+,35-,36+/m1/s1. The van der Waals surface area contributed by atoms with Gasteiger partial charge in [-0.15, -0.1) is 0 Å². The first-order valence-corrected chi connectivity index (χ1v) is 18.0. The van der Waals surface area contributed by atoms with E-state index < -0.39 is 29.2 Å². The van der Waals surface area contributed by atoms with Crippen LogP contribution in [-0.2, 0) is 30.5 Å². The average Bonchev–Trinajstić information content (AvgIpc) is 3.38. The molecule has 0 aliphatic carbocycles. The van der Waals surface area contributed by atoms with Crippen LogP contribution in [0.3, 0.4) is 0 Å². The summed E-state index contributed by atoms with van der Waals surface area (Å²) in [5, 5.41) is 33.1. The zero-order valence-electron chi connectivity index (χ0n) is 29.2. The van der Waals surface area contributed by atoms with E-state index in [2.05, 4.69) is 29.8 Å². The molecule has 46 heavy (non-hydrogen) atoms. The quantitative estimate of drug-likeness (QED) is 0.130. The van der Waals surface area contributed by atoms with Gasteiger partial charge in [-0.05, 0) is 95.6 Å². The number of ether oxygens (including phenoxy) is 2. The first-order chi connectivity index (χ1) is 21.6. The van der Waals surface area contributed by atoms with Gasteiger partial charge in [-0.3, -0.25) is 9.68 Å². The van der Waals surface area contributed by atoms with Crippen molar-refractivity contribution in [3.05, 3.63) is 27.2 Å². The van der Waals surface area contributed by atoms with Gasteiger partial charge in [0.15, 0.2) is 0 Å². The van der Waals surface area contributed by atoms with E-state index >= 15 is 0 Å². The molecule has 3 rings (SSSR count). The fraction of sp³-hybridized carbons (Fsp3) is 0.778. The molecule has 2 saturated heterocycles. The number of carbonyl (C=O) groups is 2. The van der Waals surface area contributed by atoms with Crippen LogP contribution >= 0.6 is 15.9 Å². The second kappa shape index (κ2) is 16.2. The minimum absolute atomic E-state index is 0.0133. The molecule has 3 N–H and O–H groups in total. The molecule has 10 atom stereocenters.